The lowest BCUT2D eigenvalue weighted by molar-refractivity contribution is 0.102. The Kier molecular flexibility index (Phi) is 6.54. The first-order valence-electron chi connectivity index (χ1n) is 11.9. The van der Waals surface area contributed by atoms with Crippen molar-refractivity contribution in [3.05, 3.63) is 42.2 Å². The largest absolute Gasteiger partial charge is 0.379 e. The second kappa shape index (κ2) is 9.90. The molecule has 6 N–H and O–H groups in total. The SMILES string of the molecule is NCCNC1CCC(Nc2cc(NC3CC3)c3ncc(C(=O)Nc4ccnc(F)c4)n3n2)CC1. The molecule has 0 spiro atoms. The zero-order valence-corrected chi connectivity index (χ0v) is 18.9. The smallest absolute Gasteiger partial charge is 0.276 e. The molecule has 2 aliphatic rings. The van der Waals surface area contributed by atoms with Crippen molar-refractivity contribution in [2.75, 3.05) is 29.0 Å². The molecule has 2 saturated carbocycles. The number of hydrogen-bond acceptors (Lipinski definition) is 8. The van der Waals surface area contributed by atoms with E-state index in [4.69, 9.17) is 10.8 Å². The number of anilines is 3. The number of carbonyl (C=O) groups is 1. The van der Waals surface area contributed by atoms with Crippen LogP contribution < -0.4 is 27.0 Å². The van der Waals surface area contributed by atoms with Crippen LogP contribution in [-0.2, 0) is 0 Å². The van der Waals surface area contributed by atoms with Gasteiger partial charge in [0.25, 0.3) is 5.91 Å². The highest BCUT2D eigenvalue weighted by molar-refractivity contribution is 6.03. The average Bonchev–Trinajstić information content (AvgIpc) is 3.54. The summed E-state index contributed by atoms with van der Waals surface area (Å²) in [5, 5.41) is 17.9. The molecule has 0 aromatic carbocycles. The van der Waals surface area contributed by atoms with E-state index < -0.39 is 11.9 Å². The lowest BCUT2D eigenvalue weighted by Gasteiger charge is -2.30. The maximum absolute atomic E-state index is 13.4. The number of hydrogen-bond donors (Lipinski definition) is 5. The van der Waals surface area contributed by atoms with E-state index in [-0.39, 0.29) is 5.69 Å². The first kappa shape index (κ1) is 22.5. The number of halogens is 1. The van der Waals surface area contributed by atoms with Gasteiger partial charge in [0.15, 0.2) is 11.3 Å². The predicted octanol–water partition coefficient (Wildman–Crippen LogP) is 2.36. The Morgan fingerprint density at radius 3 is 2.53 bits per heavy atom. The van der Waals surface area contributed by atoms with Crippen LogP contribution in [0.3, 0.4) is 0 Å². The molecule has 3 aromatic heterocycles. The fraction of sp³-hybridized carbons (Fsp3) is 0.478. The second-order valence-corrected chi connectivity index (χ2v) is 9.00. The van der Waals surface area contributed by atoms with E-state index in [0.717, 1.165) is 50.8 Å². The summed E-state index contributed by atoms with van der Waals surface area (Å²) in [6.07, 6.45) is 9.22. The summed E-state index contributed by atoms with van der Waals surface area (Å²) < 4.78 is 15.0. The zero-order valence-electron chi connectivity index (χ0n) is 18.9. The van der Waals surface area contributed by atoms with Gasteiger partial charge < -0.3 is 27.0 Å². The van der Waals surface area contributed by atoms with Crippen molar-refractivity contribution in [3.8, 4) is 0 Å². The first-order chi connectivity index (χ1) is 16.6. The van der Waals surface area contributed by atoms with E-state index >= 15 is 0 Å². The number of imidazole rings is 1. The van der Waals surface area contributed by atoms with Gasteiger partial charge in [-0.1, -0.05) is 0 Å². The van der Waals surface area contributed by atoms with Crippen LogP contribution >= 0.6 is 0 Å². The van der Waals surface area contributed by atoms with Gasteiger partial charge in [-0.25, -0.2) is 14.5 Å². The van der Waals surface area contributed by atoms with E-state index in [1.54, 1.807) is 4.52 Å². The van der Waals surface area contributed by atoms with Crippen molar-refractivity contribution in [1.82, 2.24) is 24.9 Å². The maximum atomic E-state index is 13.4. The number of pyridine rings is 1. The van der Waals surface area contributed by atoms with Gasteiger partial charge in [-0.3, -0.25) is 4.79 Å². The monoisotopic (exact) mass is 467 g/mol. The molecule has 0 aliphatic heterocycles. The van der Waals surface area contributed by atoms with Crippen LogP contribution in [0.4, 0.5) is 21.6 Å². The molecule has 34 heavy (non-hydrogen) atoms. The number of nitrogens with two attached hydrogens (primary N) is 1. The number of nitrogens with one attached hydrogen (secondary N) is 4. The van der Waals surface area contributed by atoms with Gasteiger partial charge in [-0.2, -0.15) is 4.39 Å². The number of fused-ring (bicyclic) bond motifs is 1. The summed E-state index contributed by atoms with van der Waals surface area (Å²) in [5.41, 5.74) is 7.61. The summed E-state index contributed by atoms with van der Waals surface area (Å²) in [7, 11) is 0. The first-order valence-corrected chi connectivity index (χ1v) is 11.9. The zero-order chi connectivity index (χ0) is 23.5. The third-order valence-corrected chi connectivity index (χ3v) is 6.28. The molecule has 2 aliphatic carbocycles. The summed E-state index contributed by atoms with van der Waals surface area (Å²) in [6, 6.07) is 5.89. The quantitative estimate of drug-likeness (QED) is 0.303. The van der Waals surface area contributed by atoms with Crippen LogP contribution in [0.5, 0.6) is 0 Å². The lowest BCUT2D eigenvalue weighted by Crippen LogP contribution is -2.39. The minimum atomic E-state index is -0.663. The minimum Gasteiger partial charge on any atom is -0.379 e. The van der Waals surface area contributed by atoms with Crippen molar-refractivity contribution in [3.63, 3.8) is 0 Å². The Labute approximate surface area is 196 Å². The van der Waals surface area contributed by atoms with Crippen molar-refractivity contribution < 1.29 is 9.18 Å². The van der Waals surface area contributed by atoms with Crippen molar-refractivity contribution in [2.24, 2.45) is 5.73 Å². The molecular formula is C23H30FN9O. The van der Waals surface area contributed by atoms with E-state index in [9.17, 15) is 9.18 Å². The third-order valence-electron chi connectivity index (χ3n) is 6.28. The summed E-state index contributed by atoms with van der Waals surface area (Å²) in [5.74, 6) is -0.396. The maximum Gasteiger partial charge on any atom is 0.276 e. The van der Waals surface area contributed by atoms with Gasteiger partial charge in [0.2, 0.25) is 5.95 Å². The number of carbonyl (C=O) groups excluding carboxylic acids is 1. The van der Waals surface area contributed by atoms with Crippen LogP contribution in [0.25, 0.3) is 5.65 Å². The summed E-state index contributed by atoms with van der Waals surface area (Å²) >= 11 is 0. The molecule has 0 unspecified atom stereocenters. The second-order valence-electron chi connectivity index (χ2n) is 9.00. The van der Waals surface area contributed by atoms with Gasteiger partial charge in [0, 0.05) is 55.2 Å². The van der Waals surface area contributed by atoms with E-state index in [1.807, 2.05) is 6.07 Å². The fourth-order valence-corrected chi connectivity index (χ4v) is 4.36. The van der Waals surface area contributed by atoms with Crippen LogP contribution in [0.15, 0.2) is 30.6 Å². The highest BCUT2D eigenvalue weighted by atomic mass is 19.1. The van der Waals surface area contributed by atoms with E-state index in [0.29, 0.717) is 41.8 Å². The molecule has 0 radical (unpaired) electrons. The van der Waals surface area contributed by atoms with Crippen molar-refractivity contribution in [2.45, 2.75) is 56.7 Å². The van der Waals surface area contributed by atoms with Crippen LogP contribution in [-0.4, -0.2) is 56.7 Å². The molecule has 180 valence electrons. The number of rotatable bonds is 9. The Balaban J connectivity index is 1.36. The fourth-order valence-electron chi connectivity index (χ4n) is 4.36. The average molecular weight is 468 g/mol. The molecule has 3 aromatic rings. The van der Waals surface area contributed by atoms with Crippen molar-refractivity contribution >= 4 is 28.7 Å². The van der Waals surface area contributed by atoms with E-state index in [2.05, 4.69) is 31.2 Å². The molecular weight excluding hydrogens is 437 g/mol. The number of nitrogens with zero attached hydrogens (tertiary/aromatic N) is 4. The summed E-state index contributed by atoms with van der Waals surface area (Å²) in [4.78, 5) is 20.9. The van der Waals surface area contributed by atoms with Gasteiger partial charge in [-0.15, -0.1) is 5.10 Å². The van der Waals surface area contributed by atoms with Crippen molar-refractivity contribution in [1.29, 1.82) is 0 Å². The standard InChI is InChI=1S/C23H30FN9O/c24-20-11-17(7-9-27-20)31-23(34)19-13-28-22-18(29-15-5-6-15)12-21(32-33(19)22)30-16-3-1-14(2-4-16)26-10-8-25/h7,9,11-16,26,29H,1-6,8,10,25H2,(H,30,32)(H,27,31,34). The molecule has 1 amide bonds. The molecule has 0 saturated heterocycles. The Hall–Kier alpha value is -3.31. The number of amides is 1. The molecule has 2 fully saturated rings. The highest BCUT2D eigenvalue weighted by Crippen LogP contribution is 2.30. The lowest BCUT2D eigenvalue weighted by atomic mass is 9.91. The molecule has 10 nitrogen and oxygen atoms in total. The predicted molar refractivity (Wildman–Crippen MR) is 129 cm³/mol. The Bertz CT molecular complexity index is 1150. The minimum absolute atomic E-state index is 0.268. The molecule has 0 bridgehead atoms. The molecule has 3 heterocycles. The highest BCUT2D eigenvalue weighted by Gasteiger charge is 2.25. The Morgan fingerprint density at radius 1 is 1.06 bits per heavy atom. The van der Waals surface area contributed by atoms with Crippen LogP contribution in [0, 0.1) is 5.95 Å². The molecule has 5 rings (SSSR count). The van der Waals surface area contributed by atoms with Crippen LogP contribution in [0.2, 0.25) is 0 Å². The van der Waals surface area contributed by atoms with Crippen LogP contribution in [0.1, 0.15) is 49.0 Å². The van der Waals surface area contributed by atoms with E-state index in [1.165, 1.54) is 24.5 Å². The van der Waals surface area contributed by atoms with Gasteiger partial charge >= 0.3 is 0 Å². The normalized spacial score (nSPS) is 20.3. The molecule has 11 heteroatoms. The Morgan fingerprint density at radius 2 is 1.79 bits per heavy atom. The van der Waals surface area contributed by atoms with Gasteiger partial charge in [0.05, 0.1) is 11.9 Å². The summed E-state index contributed by atoms with van der Waals surface area (Å²) in [6.45, 7) is 1.49. The van der Waals surface area contributed by atoms with Gasteiger partial charge in [-0.05, 0) is 44.6 Å². The number of aromatic nitrogens is 4. The molecule has 0 atom stereocenters. The third kappa shape index (κ3) is 5.26. The van der Waals surface area contributed by atoms with Gasteiger partial charge in [0.1, 0.15) is 5.82 Å². The topological polar surface area (TPSA) is 134 Å².